The van der Waals surface area contributed by atoms with Gasteiger partial charge in [-0.05, 0) is 52.6 Å². The molecule has 0 atom stereocenters. The van der Waals surface area contributed by atoms with Crippen LogP contribution in [0.2, 0.25) is 0 Å². The van der Waals surface area contributed by atoms with Crippen LogP contribution >= 0.6 is 0 Å². The highest BCUT2D eigenvalue weighted by Crippen LogP contribution is 2.28. The second-order valence-corrected chi connectivity index (χ2v) is 5.90. The number of hydrogen-bond donors (Lipinski definition) is 0. The molecule has 18 heavy (non-hydrogen) atoms. The number of carbonyl (C=O) groups is 1. The zero-order chi connectivity index (χ0) is 13.7. The molecule has 0 unspecified atom stereocenters. The summed E-state index contributed by atoms with van der Waals surface area (Å²) in [5, 5.41) is 0. The quantitative estimate of drug-likeness (QED) is 0.769. The summed E-state index contributed by atoms with van der Waals surface area (Å²) in [5.74, 6) is 0.810. The third kappa shape index (κ3) is 4.16. The Kier molecular flexibility index (Phi) is 5.93. The average Bonchev–Trinajstić information content (AvgIpc) is 2.31. The minimum Gasteiger partial charge on any atom is -0.331 e. The summed E-state index contributed by atoms with van der Waals surface area (Å²) in [6, 6.07) is 0.608. The molecule has 0 N–H and O–H groups in total. The Morgan fingerprint density at radius 1 is 1.06 bits per heavy atom. The molecule has 1 fully saturated rings. The van der Waals surface area contributed by atoms with E-state index in [1.165, 1.54) is 19.4 Å². The molecule has 0 aromatic rings. The Bertz CT molecular complexity index is 258. The maximum atomic E-state index is 12.1. The van der Waals surface area contributed by atoms with Gasteiger partial charge in [0.2, 0.25) is 0 Å². The van der Waals surface area contributed by atoms with Gasteiger partial charge in [-0.15, -0.1) is 0 Å². The molecule has 0 aromatic heterocycles. The lowest BCUT2D eigenvalue weighted by Gasteiger charge is -2.38. The van der Waals surface area contributed by atoms with Crippen molar-refractivity contribution in [2.75, 3.05) is 41.3 Å². The fourth-order valence-corrected chi connectivity index (χ4v) is 2.96. The standard InChI is InChI=1S/C14H29N3O/c1-6-17(14(18)16(4)5)13-9-7-12(8-10-13)11-15(2)3/h12-13H,6-11H2,1-5H3. The Hall–Kier alpha value is -0.770. The number of carbonyl (C=O) groups excluding carboxylic acids is 1. The summed E-state index contributed by atoms with van der Waals surface area (Å²) in [4.78, 5) is 18.1. The van der Waals surface area contributed by atoms with E-state index in [0.717, 1.165) is 25.3 Å². The fraction of sp³-hybridized carbons (Fsp3) is 0.929. The van der Waals surface area contributed by atoms with E-state index in [1.807, 2.05) is 19.0 Å². The van der Waals surface area contributed by atoms with Gasteiger partial charge in [-0.1, -0.05) is 0 Å². The summed E-state index contributed by atoms with van der Waals surface area (Å²) in [5.41, 5.74) is 0. The first-order valence-electron chi connectivity index (χ1n) is 7.08. The van der Waals surface area contributed by atoms with Crippen LogP contribution in [0.15, 0.2) is 0 Å². The van der Waals surface area contributed by atoms with Gasteiger partial charge in [-0.3, -0.25) is 0 Å². The maximum absolute atomic E-state index is 12.1. The van der Waals surface area contributed by atoms with Crippen molar-refractivity contribution >= 4 is 6.03 Å². The van der Waals surface area contributed by atoms with Crippen LogP contribution in [0.25, 0.3) is 0 Å². The van der Waals surface area contributed by atoms with Gasteiger partial charge in [0, 0.05) is 33.2 Å². The molecule has 0 saturated heterocycles. The number of nitrogens with zero attached hydrogens (tertiary/aromatic N) is 3. The molecule has 1 saturated carbocycles. The Morgan fingerprint density at radius 2 is 1.61 bits per heavy atom. The van der Waals surface area contributed by atoms with Gasteiger partial charge in [-0.25, -0.2) is 4.79 Å². The van der Waals surface area contributed by atoms with Crippen LogP contribution in [0.1, 0.15) is 32.6 Å². The van der Waals surface area contributed by atoms with E-state index < -0.39 is 0 Å². The lowest BCUT2D eigenvalue weighted by molar-refractivity contribution is 0.122. The van der Waals surface area contributed by atoms with Crippen molar-refractivity contribution in [3.05, 3.63) is 0 Å². The van der Waals surface area contributed by atoms with E-state index in [4.69, 9.17) is 0 Å². The molecular formula is C14H29N3O. The van der Waals surface area contributed by atoms with E-state index in [-0.39, 0.29) is 6.03 Å². The average molecular weight is 255 g/mol. The molecule has 106 valence electrons. The van der Waals surface area contributed by atoms with Crippen molar-refractivity contribution in [3.63, 3.8) is 0 Å². The van der Waals surface area contributed by atoms with Gasteiger partial charge in [-0.2, -0.15) is 0 Å². The molecule has 0 spiro atoms. The first kappa shape index (κ1) is 15.3. The van der Waals surface area contributed by atoms with Gasteiger partial charge in [0.25, 0.3) is 0 Å². The molecule has 0 heterocycles. The molecule has 4 heteroatoms. The second-order valence-electron chi connectivity index (χ2n) is 5.90. The van der Waals surface area contributed by atoms with Gasteiger partial charge in [0.05, 0.1) is 0 Å². The molecule has 4 nitrogen and oxygen atoms in total. The first-order valence-corrected chi connectivity index (χ1v) is 7.08. The van der Waals surface area contributed by atoms with Crippen LogP contribution in [0, 0.1) is 5.92 Å². The predicted octanol–water partition coefficient (Wildman–Crippen LogP) is 2.11. The molecule has 1 rings (SSSR count). The van der Waals surface area contributed by atoms with Crippen LogP contribution in [-0.4, -0.2) is 68.1 Å². The van der Waals surface area contributed by atoms with Crippen molar-refractivity contribution < 1.29 is 4.79 Å². The molecule has 2 amide bonds. The number of hydrogen-bond acceptors (Lipinski definition) is 2. The van der Waals surface area contributed by atoms with Crippen LogP contribution in [0.4, 0.5) is 4.79 Å². The highest BCUT2D eigenvalue weighted by molar-refractivity contribution is 5.74. The zero-order valence-corrected chi connectivity index (χ0v) is 12.6. The van der Waals surface area contributed by atoms with Crippen LogP contribution < -0.4 is 0 Å². The van der Waals surface area contributed by atoms with Crippen LogP contribution in [0.5, 0.6) is 0 Å². The van der Waals surface area contributed by atoms with Crippen molar-refractivity contribution in [3.8, 4) is 0 Å². The fourth-order valence-electron chi connectivity index (χ4n) is 2.96. The van der Waals surface area contributed by atoms with Crippen LogP contribution in [-0.2, 0) is 0 Å². The van der Waals surface area contributed by atoms with E-state index in [0.29, 0.717) is 6.04 Å². The van der Waals surface area contributed by atoms with Gasteiger partial charge < -0.3 is 14.7 Å². The van der Waals surface area contributed by atoms with E-state index in [9.17, 15) is 4.79 Å². The Balaban J connectivity index is 2.47. The number of amides is 2. The zero-order valence-electron chi connectivity index (χ0n) is 12.6. The first-order chi connectivity index (χ1) is 8.45. The Morgan fingerprint density at radius 3 is 2.00 bits per heavy atom. The summed E-state index contributed by atoms with van der Waals surface area (Å²) in [7, 11) is 7.95. The van der Waals surface area contributed by atoms with Gasteiger partial charge in [0.15, 0.2) is 0 Å². The van der Waals surface area contributed by atoms with Crippen molar-refractivity contribution in [2.24, 2.45) is 5.92 Å². The second kappa shape index (κ2) is 6.98. The lowest BCUT2D eigenvalue weighted by Crippen LogP contribution is -2.47. The van der Waals surface area contributed by atoms with E-state index in [2.05, 4.69) is 25.9 Å². The molecule has 0 aromatic carbocycles. The van der Waals surface area contributed by atoms with Crippen molar-refractivity contribution in [1.29, 1.82) is 0 Å². The van der Waals surface area contributed by atoms with E-state index in [1.54, 1.807) is 4.90 Å². The van der Waals surface area contributed by atoms with Gasteiger partial charge >= 0.3 is 6.03 Å². The van der Waals surface area contributed by atoms with Gasteiger partial charge in [0.1, 0.15) is 0 Å². The van der Waals surface area contributed by atoms with E-state index >= 15 is 0 Å². The lowest BCUT2D eigenvalue weighted by atomic mass is 9.85. The molecule has 0 bridgehead atoms. The molecule has 0 radical (unpaired) electrons. The monoisotopic (exact) mass is 255 g/mol. The van der Waals surface area contributed by atoms with Crippen molar-refractivity contribution in [1.82, 2.24) is 14.7 Å². The summed E-state index contributed by atoms with van der Waals surface area (Å²) < 4.78 is 0. The molecule has 0 aliphatic heterocycles. The SMILES string of the molecule is CCN(C(=O)N(C)C)C1CCC(CN(C)C)CC1. The third-order valence-electron chi connectivity index (χ3n) is 3.85. The summed E-state index contributed by atoms with van der Waals surface area (Å²) in [6.45, 7) is 4.08. The number of urea groups is 1. The topological polar surface area (TPSA) is 26.8 Å². The van der Waals surface area contributed by atoms with Crippen LogP contribution in [0.3, 0.4) is 0 Å². The smallest absolute Gasteiger partial charge is 0.319 e. The Labute approximate surface area is 112 Å². The normalized spacial score (nSPS) is 24.1. The molecule has 1 aliphatic rings. The predicted molar refractivity (Wildman–Crippen MR) is 75.8 cm³/mol. The highest BCUT2D eigenvalue weighted by Gasteiger charge is 2.28. The highest BCUT2D eigenvalue weighted by atomic mass is 16.2. The minimum atomic E-state index is 0.161. The number of rotatable bonds is 4. The molecule has 1 aliphatic carbocycles. The molecular weight excluding hydrogens is 226 g/mol. The summed E-state index contributed by atoms with van der Waals surface area (Å²) in [6.07, 6.45) is 4.82. The maximum Gasteiger partial charge on any atom is 0.319 e. The third-order valence-corrected chi connectivity index (χ3v) is 3.85. The summed E-state index contributed by atoms with van der Waals surface area (Å²) >= 11 is 0. The minimum absolute atomic E-state index is 0.161. The largest absolute Gasteiger partial charge is 0.331 e. The van der Waals surface area contributed by atoms with Crippen molar-refractivity contribution in [2.45, 2.75) is 38.6 Å².